The Kier molecular flexibility index (Phi) is 11.6. The fraction of sp³-hybridized carbons (Fsp3) is 0.552. The number of nitrogens with zero attached hydrogens (tertiary/aromatic N) is 5. The summed E-state index contributed by atoms with van der Waals surface area (Å²) < 4.78 is 101. The van der Waals surface area contributed by atoms with Gasteiger partial charge in [0.1, 0.15) is 17.7 Å². The van der Waals surface area contributed by atoms with Crippen molar-refractivity contribution in [3.05, 3.63) is 47.3 Å². The molecule has 2 fully saturated rings. The van der Waals surface area contributed by atoms with E-state index in [0.717, 1.165) is 10.5 Å². The van der Waals surface area contributed by atoms with Gasteiger partial charge in [-0.05, 0) is 49.3 Å². The van der Waals surface area contributed by atoms with Crippen LogP contribution in [0.15, 0.2) is 30.3 Å². The van der Waals surface area contributed by atoms with E-state index in [1.807, 2.05) is 6.07 Å². The molecular formula is C29H35F5N8O5S. The van der Waals surface area contributed by atoms with Crippen molar-refractivity contribution >= 4 is 33.7 Å². The molecule has 1 unspecified atom stereocenters. The Morgan fingerprint density at radius 2 is 1.67 bits per heavy atom. The predicted octanol–water partition coefficient (Wildman–Crippen LogP) is 2.73. The highest BCUT2D eigenvalue weighted by molar-refractivity contribution is 7.85. The van der Waals surface area contributed by atoms with E-state index >= 15 is 0 Å². The molecule has 0 aliphatic carbocycles. The van der Waals surface area contributed by atoms with E-state index in [1.165, 1.54) is 6.07 Å². The Morgan fingerprint density at radius 1 is 1.02 bits per heavy atom. The molecule has 0 saturated carbocycles. The van der Waals surface area contributed by atoms with Crippen molar-refractivity contribution in [2.24, 2.45) is 5.92 Å². The van der Waals surface area contributed by atoms with E-state index in [4.69, 9.17) is 9.81 Å². The number of aromatic nitrogens is 2. The lowest BCUT2D eigenvalue weighted by molar-refractivity contribution is -0.144. The topological polar surface area (TPSA) is 181 Å². The molecule has 13 nitrogen and oxygen atoms in total. The average Bonchev–Trinajstić information content (AvgIpc) is 3.36. The van der Waals surface area contributed by atoms with Gasteiger partial charge in [0.2, 0.25) is 11.7 Å². The molecule has 4 rings (SSSR count). The number of piperidine rings is 1. The second-order valence-corrected chi connectivity index (χ2v) is 13.2. The summed E-state index contributed by atoms with van der Waals surface area (Å²) >= 11 is 0. The highest BCUT2D eigenvalue weighted by Gasteiger charge is 2.49. The SMILES string of the molecule is N#Cc1ccc(CCNC(=O)C2CC(F)(F)CN2c2cc(N3CCC(CCNC(=O)NCCS(=O)(=O)O)CC3)nc(C(F)(F)F)n2)cc1. The van der Waals surface area contributed by atoms with E-state index in [9.17, 15) is 40.0 Å². The van der Waals surface area contributed by atoms with Crippen molar-refractivity contribution in [3.63, 3.8) is 0 Å². The Balaban J connectivity index is 1.39. The minimum atomic E-state index is -4.99. The first-order valence-electron chi connectivity index (χ1n) is 15.1. The normalized spacial score (nSPS) is 18.3. The van der Waals surface area contributed by atoms with Crippen molar-refractivity contribution < 1.29 is 44.5 Å². The van der Waals surface area contributed by atoms with Gasteiger partial charge < -0.3 is 25.8 Å². The van der Waals surface area contributed by atoms with Crippen LogP contribution in [0.2, 0.25) is 0 Å². The van der Waals surface area contributed by atoms with Gasteiger partial charge in [-0.1, -0.05) is 12.1 Å². The third-order valence-corrected chi connectivity index (χ3v) is 8.76. The van der Waals surface area contributed by atoms with Crippen LogP contribution in [0.3, 0.4) is 0 Å². The van der Waals surface area contributed by atoms with Crippen LogP contribution in [0.4, 0.5) is 38.4 Å². The number of carbonyl (C=O) groups is 2. The number of carbonyl (C=O) groups excluding carboxylic acids is 2. The Bertz CT molecular complexity index is 1600. The van der Waals surface area contributed by atoms with Crippen LogP contribution in [0.1, 0.15) is 42.6 Å². The van der Waals surface area contributed by atoms with Crippen molar-refractivity contribution in [1.82, 2.24) is 25.9 Å². The zero-order valence-electron chi connectivity index (χ0n) is 25.6. The van der Waals surface area contributed by atoms with E-state index in [1.54, 1.807) is 29.2 Å². The second-order valence-electron chi connectivity index (χ2n) is 11.6. The van der Waals surface area contributed by atoms with Gasteiger partial charge in [0.05, 0.1) is 23.9 Å². The number of hydrogen-bond acceptors (Lipinski definition) is 9. The predicted molar refractivity (Wildman–Crippen MR) is 163 cm³/mol. The molecule has 2 aliphatic heterocycles. The summed E-state index contributed by atoms with van der Waals surface area (Å²) in [5.74, 6) is -6.75. The zero-order valence-corrected chi connectivity index (χ0v) is 26.5. The molecular weight excluding hydrogens is 667 g/mol. The second kappa shape index (κ2) is 15.3. The summed E-state index contributed by atoms with van der Waals surface area (Å²) in [6.07, 6.45) is -3.97. The first-order chi connectivity index (χ1) is 22.5. The summed E-state index contributed by atoms with van der Waals surface area (Å²) in [5.41, 5.74) is 1.24. The van der Waals surface area contributed by atoms with Gasteiger partial charge in [-0.15, -0.1) is 0 Å². The molecule has 4 N–H and O–H groups in total. The van der Waals surface area contributed by atoms with Gasteiger partial charge in [-0.25, -0.2) is 23.5 Å². The molecule has 48 heavy (non-hydrogen) atoms. The molecule has 2 saturated heterocycles. The highest BCUT2D eigenvalue weighted by atomic mass is 32.2. The van der Waals surface area contributed by atoms with Crippen molar-refractivity contribution in [2.45, 2.75) is 50.2 Å². The summed E-state index contributed by atoms with van der Waals surface area (Å²) in [5, 5.41) is 16.4. The van der Waals surface area contributed by atoms with Crippen LogP contribution in [0.25, 0.3) is 0 Å². The van der Waals surface area contributed by atoms with Crippen LogP contribution >= 0.6 is 0 Å². The number of hydrogen-bond donors (Lipinski definition) is 4. The number of alkyl halides is 5. The monoisotopic (exact) mass is 702 g/mol. The molecule has 1 aromatic heterocycles. The largest absolute Gasteiger partial charge is 0.451 e. The van der Waals surface area contributed by atoms with Crippen LogP contribution in [-0.2, 0) is 27.5 Å². The zero-order chi connectivity index (χ0) is 35.1. The molecule has 19 heteroatoms. The fourth-order valence-electron chi connectivity index (χ4n) is 5.54. The van der Waals surface area contributed by atoms with Gasteiger partial charge >= 0.3 is 12.2 Å². The lowest BCUT2D eigenvalue weighted by atomic mass is 9.93. The minimum absolute atomic E-state index is 0.0760. The molecule has 0 spiro atoms. The van der Waals surface area contributed by atoms with Gasteiger partial charge in [-0.3, -0.25) is 9.35 Å². The van der Waals surface area contributed by atoms with Gasteiger partial charge in [0, 0.05) is 45.2 Å². The minimum Gasteiger partial charge on any atom is -0.356 e. The lowest BCUT2D eigenvalue weighted by Crippen LogP contribution is -2.44. The molecule has 2 aliphatic rings. The number of urea groups is 1. The van der Waals surface area contributed by atoms with E-state index in [-0.39, 0.29) is 44.5 Å². The number of nitrogens with one attached hydrogen (secondary N) is 3. The number of benzene rings is 1. The summed E-state index contributed by atoms with van der Waals surface area (Å²) in [6.45, 7) is -0.384. The number of nitriles is 1. The van der Waals surface area contributed by atoms with E-state index in [0.29, 0.717) is 31.2 Å². The molecule has 2 aromatic rings. The van der Waals surface area contributed by atoms with Gasteiger partial charge in [-0.2, -0.15) is 26.9 Å². The Morgan fingerprint density at radius 3 is 2.29 bits per heavy atom. The van der Waals surface area contributed by atoms with Crippen LogP contribution in [0, 0.1) is 17.2 Å². The highest BCUT2D eigenvalue weighted by Crippen LogP contribution is 2.38. The number of halogens is 5. The molecule has 262 valence electrons. The molecule has 3 amide bonds. The quantitative estimate of drug-likeness (QED) is 0.190. The van der Waals surface area contributed by atoms with Crippen LogP contribution in [-0.4, -0.2) is 91.9 Å². The molecule has 3 heterocycles. The maximum Gasteiger partial charge on any atom is 0.451 e. The number of rotatable bonds is 12. The summed E-state index contributed by atoms with van der Waals surface area (Å²) in [6, 6.07) is 7.67. The van der Waals surface area contributed by atoms with Crippen molar-refractivity contribution in [1.29, 1.82) is 5.26 Å². The van der Waals surface area contributed by atoms with E-state index in [2.05, 4.69) is 25.9 Å². The fourth-order valence-corrected chi connectivity index (χ4v) is 5.90. The average molecular weight is 703 g/mol. The number of amides is 3. The molecule has 1 aromatic carbocycles. The first-order valence-corrected chi connectivity index (χ1v) is 16.7. The van der Waals surface area contributed by atoms with E-state index < -0.39 is 70.6 Å². The lowest BCUT2D eigenvalue weighted by Gasteiger charge is -2.34. The van der Waals surface area contributed by atoms with Crippen LogP contribution in [0.5, 0.6) is 0 Å². The summed E-state index contributed by atoms with van der Waals surface area (Å²) in [4.78, 5) is 34.6. The van der Waals surface area contributed by atoms with Gasteiger partial charge in [0.15, 0.2) is 0 Å². The third-order valence-electron chi connectivity index (χ3n) is 8.04. The maximum atomic E-state index is 14.7. The third kappa shape index (κ3) is 10.6. The summed E-state index contributed by atoms with van der Waals surface area (Å²) in [7, 11) is -4.21. The molecule has 1 atom stereocenters. The first kappa shape index (κ1) is 36.5. The van der Waals surface area contributed by atoms with Gasteiger partial charge in [0.25, 0.3) is 16.0 Å². The van der Waals surface area contributed by atoms with Crippen LogP contribution < -0.4 is 25.8 Å². The Labute approximate surface area is 273 Å². The van der Waals surface area contributed by atoms with Crippen molar-refractivity contribution in [2.75, 3.05) is 54.8 Å². The standard InChI is InChI=1S/C29H35F5N8O5S/c30-28(31)16-22(25(43)36-9-5-19-1-3-21(17-35)4-2-19)42(18-28)24-15-23(39-26(40-24)29(32,33)34)41-12-7-20(8-13-41)6-10-37-27(44)38-11-14-48(45,46)47/h1-4,15,20,22H,5-14,16,18H2,(H,36,43)(H2,37,38,44)(H,45,46,47). The molecule has 0 bridgehead atoms. The maximum absolute atomic E-state index is 14.7. The smallest absolute Gasteiger partial charge is 0.356 e. The number of anilines is 2. The molecule has 0 radical (unpaired) electrons. The Hall–Kier alpha value is -4.31. The van der Waals surface area contributed by atoms with Crippen molar-refractivity contribution in [3.8, 4) is 6.07 Å².